The van der Waals surface area contributed by atoms with Gasteiger partial charge in [-0.2, -0.15) is 0 Å². The van der Waals surface area contributed by atoms with E-state index in [1.54, 1.807) is 12.1 Å². The van der Waals surface area contributed by atoms with E-state index in [-0.39, 0.29) is 11.7 Å². The molecule has 0 amide bonds. The van der Waals surface area contributed by atoms with Crippen LogP contribution in [0.15, 0.2) is 36.4 Å². The molecular formula is C19H18Cl2O3. The Morgan fingerprint density at radius 3 is 2.83 bits per heavy atom. The molecule has 0 spiro atoms. The van der Waals surface area contributed by atoms with Gasteiger partial charge in [0.25, 0.3) is 0 Å². The van der Waals surface area contributed by atoms with Gasteiger partial charge in [-0.3, -0.25) is 4.79 Å². The molecule has 3 nitrogen and oxygen atoms in total. The number of ketones is 1. The van der Waals surface area contributed by atoms with Crippen molar-refractivity contribution >= 4 is 29.0 Å². The summed E-state index contributed by atoms with van der Waals surface area (Å²) in [6, 6.07) is 11.1. The summed E-state index contributed by atoms with van der Waals surface area (Å²) in [7, 11) is 0. The zero-order valence-corrected chi connectivity index (χ0v) is 14.9. The lowest BCUT2D eigenvalue weighted by atomic mass is 9.95. The third-order valence-corrected chi connectivity index (χ3v) is 4.73. The van der Waals surface area contributed by atoms with E-state index in [0.29, 0.717) is 41.9 Å². The topological polar surface area (TPSA) is 35.5 Å². The van der Waals surface area contributed by atoms with Crippen molar-refractivity contribution in [3.8, 4) is 11.5 Å². The Hall–Kier alpha value is -1.71. The fraction of sp³-hybridized carbons (Fsp3) is 0.316. The molecule has 126 valence electrons. The van der Waals surface area contributed by atoms with Crippen molar-refractivity contribution in [1.82, 2.24) is 0 Å². The van der Waals surface area contributed by atoms with Crippen LogP contribution in [0.1, 0.15) is 36.8 Å². The molecule has 24 heavy (non-hydrogen) atoms. The fourth-order valence-electron chi connectivity index (χ4n) is 2.73. The fourth-order valence-corrected chi connectivity index (χ4v) is 3.20. The van der Waals surface area contributed by atoms with Crippen LogP contribution in [0.4, 0.5) is 0 Å². The summed E-state index contributed by atoms with van der Waals surface area (Å²) in [5.74, 6) is 1.91. The summed E-state index contributed by atoms with van der Waals surface area (Å²) in [5.41, 5.74) is 1.95. The van der Waals surface area contributed by atoms with Crippen LogP contribution >= 0.6 is 23.2 Å². The van der Waals surface area contributed by atoms with Gasteiger partial charge < -0.3 is 9.47 Å². The number of ether oxygens (including phenoxy) is 2. The second-order valence-corrected chi connectivity index (χ2v) is 6.67. The zero-order valence-electron chi connectivity index (χ0n) is 13.4. The van der Waals surface area contributed by atoms with E-state index in [1.165, 1.54) is 0 Å². The molecule has 3 rings (SSSR count). The van der Waals surface area contributed by atoms with Crippen LogP contribution in [0, 0.1) is 0 Å². The number of carbonyl (C=O) groups is 1. The van der Waals surface area contributed by atoms with Crippen molar-refractivity contribution in [1.29, 1.82) is 0 Å². The predicted molar refractivity (Wildman–Crippen MR) is 95.4 cm³/mol. The minimum atomic E-state index is 0.146. The van der Waals surface area contributed by atoms with Crippen molar-refractivity contribution in [2.24, 2.45) is 0 Å². The maximum Gasteiger partial charge on any atom is 0.133 e. The van der Waals surface area contributed by atoms with E-state index in [9.17, 15) is 4.79 Å². The molecule has 1 aliphatic heterocycles. The van der Waals surface area contributed by atoms with E-state index in [1.807, 2.05) is 31.2 Å². The van der Waals surface area contributed by atoms with Crippen molar-refractivity contribution in [2.45, 2.75) is 32.3 Å². The van der Waals surface area contributed by atoms with Crippen LogP contribution in [0.25, 0.3) is 0 Å². The molecule has 0 fully saturated rings. The van der Waals surface area contributed by atoms with Crippen LogP contribution in [-0.2, 0) is 11.4 Å². The van der Waals surface area contributed by atoms with Crippen molar-refractivity contribution in [3.63, 3.8) is 0 Å². The first-order valence-corrected chi connectivity index (χ1v) is 8.67. The number of benzene rings is 2. The zero-order chi connectivity index (χ0) is 17.1. The molecule has 0 saturated heterocycles. The lowest BCUT2D eigenvalue weighted by Crippen LogP contribution is -2.07. The summed E-state index contributed by atoms with van der Waals surface area (Å²) < 4.78 is 11.5. The number of Topliss-reactive ketones (excluding diaryl/α,β-unsaturated/α-hetero) is 1. The molecule has 2 aromatic rings. The van der Waals surface area contributed by atoms with Crippen molar-refractivity contribution in [2.75, 3.05) is 6.61 Å². The van der Waals surface area contributed by atoms with Gasteiger partial charge in [0.05, 0.1) is 6.61 Å². The summed E-state index contributed by atoms with van der Waals surface area (Å²) in [6.07, 6.45) is 1.10. The highest BCUT2D eigenvalue weighted by molar-refractivity contribution is 6.35. The molecule has 2 aromatic carbocycles. The molecule has 0 bridgehead atoms. The SMILES string of the molecule is CCC(=O)C[C@@H]1COc2cc(OCc3ccc(Cl)cc3Cl)ccc21. The molecule has 1 aliphatic rings. The molecule has 0 unspecified atom stereocenters. The Morgan fingerprint density at radius 1 is 1.25 bits per heavy atom. The summed E-state index contributed by atoms with van der Waals surface area (Å²) in [6.45, 7) is 2.79. The molecular weight excluding hydrogens is 347 g/mol. The Morgan fingerprint density at radius 2 is 2.08 bits per heavy atom. The van der Waals surface area contributed by atoms with Gasteiger partial charge in [0.15, 0.2) is 0 Å². The van der Waals surface area contributed by atoms with Crippen molar-refractivity contribution < 1.29 is 14.3 Å². The number of hydrogen-bond donors (Lipinski definition) is 0. The summed E-state index contributed by atoms with van der Waals surface area (Å²) in [5, 5.41) is 1.18. The second kappa shape index (κ2) is 7.45. The summed E-state index contributed by atoms with van der Waals surface area (Å²) >= 11 is 12.0. The minimum absolute atomic E-state index is 0.146. The Bertz CT molecular complexity index is 758. The normalized spacial score (nSPS) is 15.7. The van der Waals surface area contributed by atoms with Gasteiger partial charge in [0.1, 0.15) is 23.9 Å². The lowest BCUT2D eigenvalue weighted by Gasteiger charge is -2.10. The number of hydrogen-bond acceptors (Lipinski definition) is 3. The average Bonchev–Trinajstić information content (AvgIpc) is 2.96. The third-order valence-electron chi connectivity index (χ3n) is 4.14. The van der Waals surface area contributed by atoms with E-state index >= 15 is 0 Å². The average molecular weight is 365 g/mol. The first kappa shape index (κ1) is 17.1. The minimum Gasteiger partial charge on any atom is -0.492 e. The maximum atomic E-state index is 11.7. The summed E-state index contributed by atoms with van der Waals surface area (Å²) in [4.78, 5) is 11.7. The molecule has 0 saturated carbocycles. The van der Waals surface area contributed by atoms with Gasteiger partial charge >= 0.3 is 0 Å². The molecule has 1 heterocycles. The number of carbonyl (C=O) groups excluding carboxylic acids is 1. The Balaban J connectivity index is 1.67. The Kier molecular flexibility index (Phi) is 5.32. The standard InChI is InChI=1S/C19H18Cl2O3/c1-2-15(22)7-13-11-24-19-9-16(5-6-17(13)19)23-10-12-3-4-14(20)8-18(12)21/h3-6,8-9,13H,2,7,10-11H2,1H3/t13-/m1/s1. The highest BCUT2D eigenvalue weighted by atomic mass is 35.5. The number of fused-ring (bicyclic) bond motifs is 1. The van der Waals surface area contributed by atoms with Gasteiger partial charge in [-0.15, -0.1) is 0 Å². The van der Waals surface area contributed by atoms with Crippen LogP contribution < -0.4 is 9.47 Å². The van der Waals surface area contributed by atoms with E-state index in [0.717, 1.165) is 16.9 Å². The molecule has 5 heteroatoms. The van der Waals surface area contributed by atoms with E-state index in [2.05, 4.69) is 0 Å². The lowest BCUT2D eigenvalue weighted by molar-refractivity contribution is -0.119. The second-order valence-electron chi connectivity index (χ2n) is 5.83. The molecule has 0 aliphatic carbocycles. The smallest absolute Gasteiger partial charge is 0.133 e. The number of halogens is 2. The quantitative estimate of drug-likeness (QED) is 0.686. The molecule has 1 atom stereocenters. The maximum absolute atomic E-state index is 11.7. The van der Waals surface area contributed by atoms with Crippen molar-refractivity contribution in [3.05, 3.63) is 57.6 Å². The van der Waals surface area contributed by atoms with Gasteiger partial charge in [-0.05, 0) is 18.2 Å². The van der Waals surface area contributed by atoms with Crippen LogP contribution in [0.2, 0.25) is 10.0 Å². The molecule has 0 radical (unpaired) electrons. The molecule has 0 N–H and O–H groups in total. The monoisotopic (exact) mass is 364 g/mol. The Labute approximate surface area is 151 Å². The van der Waals surface area contributed by atoms with Gasteiger partial charge in [0, 0.05) is 46.0 Å². The van der Waals surface area contributed by atoms with Crippen LogP contribution in [0.5, 0.6) is 11.5 Å². The predicted octanol–water partition coefficient (Wildman–Crippen LogP) is 5.42. The van der Waals surface area contributed by atoms with E-state index < -0.39 is 0 Å². The first-order chi connectivity index (χ1) is 11.6. The van der Waals surface area contributed by atoms with Gasteiger partial charge in [-0.25, -0.2) is 0 Å². The van der Waals surface area contributed by atoms with E-state index in [4.69, 9.17) is 32.7 Å². The highest BCUT2D eigenvalue weighted by Crippen LogP contribution is 2.38. The number of rotatable bonds is 6. The van der Waals surface area contributed by atoms with Crippen LogP contribution in [0.3, 0.4) is 0 Å². The third kappa shape index (κ3) is 3.85. The van der Waals surface area contributed by atoms with Crippen LogP contribution in [-0.4, -0.2) is 12.4 Å². The largest absolute Gasteiger partial charge is 0.492 e. The first-order valence-electron chi connectivity index (χ1n) is 7.92. The highest BCUT2D eigenvalue weighted by Gasteiger charge is 2.26. The molecule has 0 aromatic heterocycles. The van der Waals surface area contributed by atoms with Gasteiger partial charge in [0.2, 0.25) is 0 Å². The van der Waals surface area contributed by atoms with Gasteiger partial charge in [-0.1, -0.05) is 42.3 Å².